The van der Waals surface area contributed by atoms with E-state index < -0.39 is 10.0 Å². The van der Waals surface area contributed by atoms with Gasteiger partial charge in [-0.1, -0.05) is 24.3 Å². The number of aliphatic hydroxyl groups is 1. The molecule has 0 aliphatic rings. The Morgan fingerprint density at radius 1 is 1.05 bits per heavy atom. The van der Waals surface area contributed by atoms with Crippen molar-refractivity contribution in [2.45, 2.75) is 11.5 Å². The van der Waals surface area contributed by atoms with Crippen molar-refractivity contribution >= 4 is 21.4 Å². The van der Waals surface area contributed by atoms with Gasteiger partial charge in [0, 0.05) is 5.69 Å². The molecule has 0 bridgehead atoms. The fourth-order valence-electron chi connectivity index (χ4n) is 1.61. The van der Waals surface area contributed by atoms with Crippen LogP contribution < -0.4 is 10.5 Å². The number of nitrogens with one attached hydrogen (secondary N) is 1. The van der Waals surface area contributed by atoms with Crippen molar-refractivity contribution < 1.29 is 13.5 Å². The summed E-state index contributed by atoms with van der Waals surface area (Å²) in [5.74, 6) is 0. The van der Waals surface area contributed by atoms with E-state index in [4.69, 9.17) is 10.8 Å². The lowest BCUT2D eigenvalue weighted by molar-refractivity contribution is 0.282. The molecule has 0 heterocycles. The molecule has 0 radical (unpaired) electrons. The van der Waals surface area contributed by atoms with Crippen molar-refractivity contribution in [3.63, 3.8) is 0 Å². The molecular weight excluding hydrogens is 264 g/mol. The lowest BCUT2D eigenvalue weighted by atomic mass is 10.2. The molecule has 5 nitrogen and oxygen atoms in total. The Kier molecular flexibility index (Phi) is 3.73. The van der Waals surface area contributed by atoms with Gasteiger partial charge in [-0.05, 0) is 29.8 Å². The number of anilines is 2. The Morgan fingerprint density at radius 2 is 1.68 bits per heavy atom. The number of rotatable bonds is 4. The van der Waals surface area contributed by atoms with Crippen LogP contribution in [0.3, 0.4) is 0 Å². The van der Waals surface area contributed by atoms with Crippen molar-refractivity contribution in [3.8, 4) is 0 Å². The number of benzene rings is 2. The van der Waals surface area contributed by atoms with E-state index in [1.165, 1.54) is 12.1 Å². The van der Waals surface area contributed by atoms with Gasteiger partial charge in [0.2, 0.25) is 0 Å². The minimum absolute atomic E-state index is 0.0428. The van der Waals surface area contributed by atoms with Crippen molar-refractivity contribution in [1.29, 1.82) is 0 Å². The summed E-state index contributed by atoms with van der Waals surface area (Å²) in [5, 5.41) is 8.92. The third-order valence-corrected chi connectivity index (χ3v) is 4.05. The summed E-state index contributed by atoms with van der Waals surface area (Å²) in [4.78, 5) is 0.0428. The molecule has 0 aliphatic carbocycles. The van der Waals surface area contributed by atoms with Crippen LogP contribution >= 0.6 is 0 Å². The summed E-state index contributed by atoms with van der Waals surface area (Å²) in [7, 11) is -3.70. The Balaban J connectivity index is 2.28. The summed E-state index contributed by atoms with van der Waals surface area (Å²) in [6.07, 6.45) is 0. The monoisotopic (exact) mass is 278 g/mol. The van der Waals surface area contributed by atoms with E-state index in [1.807, 2.05) is 0 Å². The highest BCUT2D eigenvalue weighted by Gasteiger charge is 2.16. The van der Waals surface area contributed by atoms with E-state index in [9.17, 15) is 8.42 Å². The maximum Gasteiger partial charge on any atom is 0.263 e. The second kappa shape index (κ2) is 5.29. The Morgan fingerprint density at radius 3 is 2.26 bits per heavy atom. The molecule has 2 aromatic rings. The number of aliphatic hydroxyl groups excluding tert-OH is 1. The highest BCUT2D eigenvalue weighted by Crippen LogP contribution is 2.21. The van der Waals surface area contributed by atoms with Crippen molar-refractivity contribution in [1.82, 2.24) is 0 Å². The largest absolute Gasteiger partial charge is 0.398 e. The Bertz CT molecular complexity index is 667. The first kappa shape index (κ1) is 13.4. The van der Waals surface area contributed by atoms with Crippen molar-refractivity contribution in [2.75, 3.05) is 10.5 Å². The smallest absolute Gasteiger partial charge is 0.263 e. The van der Waals surface area contributed by atoms with Gasteiger partial charge in [0.05, 0.1) is 12.3 Å². The SMILES string of the molecule is Nc1ccccc1S(=O)(=O)Nc1ccc(CO)cc1. The van der Waals surface area contributed by atoms with E-state index in [0.29, 0.717) is 11.3 Å². The van der Waals surface area contributed by atoms with Gasteiger partial charge in [0.1, 0.15) is 4.90 Å². The standard InChI is InChI=1S/C13H14N2O3S/c14-12-3-1-2-4-13(12)19(17,18)15-11-7-5-10(9-16)6-8-11/h1-8,15-16H,9,14H2. The zero-order valence-electron chi connectivity index (χ0n) is 10.1. The van der Waals surface area contributed by atoms with Gasteiger partial charge in [-0.2, -0.15) is 0 Å². The fraction of sp³-hybridized carbons (Fsp3) is 0.0769. The Labute approximate surface area is 111 Å². The number of sulfonamides is 1. The maximum absolute atomic E-state index is 12.1. The van der Waals surface area contributed by atoms with E-state index in [0.717, 1.165) is 0 Å². The minimum Gasteiger partial charge on any atom is -0.398 e. The molecule has 100 valence electrons. The van der Waals surface area contributed by atoms with Gasteiger partial charge >= 0.3 is 0 Å². The fourth-order valence-corrected chi connectivity index (χ4v) is 2.81. The van der Waals surface area contributed by atoms with Crippen molar-refractivity contribution in [3.05, 3.63) is 54.1 Å². The molecule has 0 aromatic heterocycles. The Hall–Kier alpha value is -2.05. The van der Waals surface area contributed by atoms with Gasteiger partial charge in [0.15, 0.2) is 0 Å². The zero-order chi connectivity index (χ0) is 13.9. The molecular formula is C13H14N2O3S. The number of nitrogen functional groups attached to an aromatic ring is 1. The lowest BCUT2D eigenvalue weighted by Gasteiger charge is -2.10. The summed E-state index contributed by atoms with van der Waals surface area (Å²) in [6.45, 7) is -0.0847. The summed E-state index contributed by atoms with van der Waals surface area (Å²) >= 11 is 0. The van der Waals surface area contributed by atoms with E-state index in [2.05, 4.69) is 4.72 Å². The molecule has 0 unspecified atom stereocenters. The van der Waals surface area contributed by atoms with Gasteiger partial charge in [-0.25, -0.2) is 8.42 Å². The van der Waals surface area contributed by atoms with Crippen molar-refractivity contribution in [2.24, 2.45) is 0 Å². The average Bonchev–Trinajstić information content (AvgIpc) is 2.39. The minimum atomic E-state index is -3.70. The molecule has 0 amide bonds. The highest BCUT2D eigenvalue weighted by molar-refractivity contribution is 7.92. The zero-order valence-corrected chi connectivity index (χ0v) is 10.9. The van der Waals surface area contributed by atoms with Crippen LogP contribution in [0.2, 0.25) is 0 Å². The van der Waals surface area contributed by atoms with Crippen LogP contribution in [0.5, 0.6) is 0 Å². The van der Waals surface area contributed by atoms with Crippen LogP contribution in [0.25, 0.3) is 0 Å². The molecule has 0 spiro atoms. The first-order chi connectivity index (χ1) is 9.03. The highest BCUT2D eigenvalue weighted by atomic mass is 32.2. The molecule has 0 saturated carbocycles. The van der Waals surface area contributed by atoms with Crippen LogP contribution in [0.4, 0.5) is 11.4 Å². The molecule has 0 saturated heterocycles. The summed E-state index contributed by atoms with van der Waals surface area (Å²) < 4.78 is 26.7. The van der Waals surface area contributed by atoms with E-state index >= 15 is 0 Å². The average molecular weight is 278 g/mol. The number of hydrogen-bond acceptors (Lipinski definition) is 4. The quantitative estimate of drug-likeness (QED) is 0.740. The molecule has 0 atom stereocenters. The third kappa shape index (κ3) is 3.04. The van der Waals surface area contributed by atoms with Crippen LogP contribution in [0.1, 0.15) is 5.56 Å². The van der Waals surface area contributed by atoms with Gasteiger partial charge in [-0.3, -0.25) is 4.72 Å². The number of para-hydroxylation sites is 1. The van der Waals surface area contributed by atoms with E-state index in [-0.39, 0.29) is 17.2 Å². The predicted molar refractivity (Wildman–Crippen MR) is 74.0 cm³/mol. The van der Waals surface area contributed by atoms with Crippen LogP contribution in [0.15, 0.2) is 53.4 Å². The molecule has 0 aliphatic heterocycles. The van der Waals surface area contributed by atoms with Gasteiger partial charge in [-0.15, -0.1) is 0 Å². The predicted octanol–water partition coefficient (Wildman–Crippen LogP) is 1.56. The maximum atomic E-state index is 12.1. The molecule has 4 N–H and O–H groups in total. The number of hydrogen-bond donors (Lipinski definition) is 3. The topological polar surface area (TPSA) is 92.4 Å². The van der Waals surface area contributed by atoms with Gasteiger partial charge < -0.3 is 10.8 Å². The van der Waals surface area contributed by atoms with Gasteiger partial charge in [0.25, 0.3) is 10.0 Å². The van der Waals surface area contributed by atoms with Crippen LogP contribution in [-0.2, 0) is 16.6 Å². The molecule has 2 aromatic carbocycles. The second-order valence-electron chi connectivity index (χ2n) is 4.00. The van der Waals surface area contributed by atoms with E-state index in [1.54, 1.807) is 36.4 Å². The molecule has 6 heteroatoms. The summed E-state index contributed by atoms with van der Waals surface area (Å²) in [6, 6.07) is 12.7. The molecule has 2 rings (SSSR count). The number of nitrogens with two attached hydrogens (primary N) is 1. The molecule has 19 heavy (non-hydrogen) atoms. The first-order valence-corrected chi connectivity index (χ1v) is 7.08. The third-order valence-electron chi connectivity index (χ3n) is 2.60. The van der Waals surface area contributed by atoms with Crippen LogP contribution in [-0.4, -0.2) is 13.5 Å². The second-order valence-corrected chi connectivity index (χ2v) is 5.65. The lowest BCUT2D eigenvalue weighted by Crippen LogP contribution is -2.14. The normalized spacial score (nSPS) is 11.2. The molecule has 0 fully saturated rings. The summed E-state index contributed by atoms with van der Waals surface area (Å²) in [5.41, 5.74) is 6.98. The first-order valence-electron chi connectivity index (χ1n) is 5.60. The van der Waals surface area contributed by atoms with Crippen LogP contribution in [0, 0.1) is 0 Å².